The number of rotatable bonds is 5. The van der Waals surface area contributed by atoms with Gasteiger partial charge in [0.05, 0.1) is 12.1 Å². The van der Waals surface area contributed by atoms with E-state index in [1.165, 1.54) is 0 Å². The molecule has 0 saturated heterocycles. The first-order valence-corrected chi connectivity index (χ1v) is 12.0. The molecule has 0 bridgehead atoms. The van der Waals surface area contributed by atoms with Crippen molar-refractivity contribution in [1.82, 2.24) is 30.2 Å². The van der Waals surface area contributed by atoms with Crippen LogP contribution in [0.25, 0.3) is 22.5 Å². The zero-order valence-electron chi connectivity index (χ0n) is 20.9. The highest BCUT2D eigenvalue weighted by atomic mass is 16.3. The predicted octanol–water partition coefficient (Wildman–Crippen LogP) is 3.83. The van der Waals surface area contributed by atoms with E-state index in [0.29, 0.717) is 36.9 Å². The van der Waals surface area contributed by atoms with Gasteiger partial charge in [-0.1, -0.05) is 48.5 Å². The number of nitrogens with zero attached hydrogens (tertiary/aromatic N) is 7. The number of tetrazole rings is 1. The molecule has 9 heteroatoms. The van der Waals surface area contributed by atoms with Gasteiger partial charge in [-0.15, -0.1) is 5.10 Å². The van der Waals surface area contributed by atoms with Gasteiger partial charge in [0.15, 0.2) is 11.6 Å². The van der Waals surface area contributed by atoms with E-state index in [-0.39, 0.29) is 18.1 Å². The predicted molar refractivity (Wildman–Crippen MR) is 136 cm³/mol. The Balaban J connectivity index is 1.46. The number of aromatic nitrogens is 6. The largest absolute Gasteiger partial charge is 0.388 e. The number of carbonyl (C=O) groups excluding carboxylic acids is 1. The van der Waals surface area contributed by atoms with Crippen LogP contribution in [0.3, 0.4) is 0 Å². The van der Waals surface area contributed by atoms with Crippen LogP contribution in [0.4, 0.5) is 5.82 Å². The molecule has 0 atom stereocenters. The third-order valence-corrected chi connectivity index (χ3v) is 6.40. The molecule has 1 N–H and O–H groups in total. The minimum Gasteiger partial charge on any atom is -0.388 e. The van der Waals surface area contributed by atoms with E-state index in [1.807, 2.05) is 41.9 Å². The third-order valence-electron chi connectivity index (χ3n) is 6.40. The minimum atomic E-state index is -0.261. The van der Waals surface area contributed by atoms with Crippen LogP contribution >= 0.6 is 0 Å². The van der Waals surface area contributed by atoms with Gasteiger partial charge >= 0.3 is 0 Å². The number of hydrogen-bond donors (Lipinski definition) is 1. The van der Waals surface area contributed by atoms with Crippen LogP contribution in [-0.4, -0.2) is 41.2 Å². The highest BCUT2D eigenvalue weighted by molar-refractivity contribution is 5.95. The first-order valence-electron chi connectivity index (χ1n) is 12.0. The number of benzene rings is 2. The van der Waals surface area contributed by atoms with Crippen LogP contribution in [0.2, 0.25) is 0 Å². The summed E-state index contributed by atoms with van der Waals surface area (Å²) in [7, 11) is 0. The fourth-order valence-electron chi connectivity index (χ4n) is 4.58. The van der Waals surface area contributed by atoms with Gasteiger partial charge in [0.25, 0.3) is 0 Å². The lowest BCUT2D eigenvalue weighted by Crippen LogP contribution is -2.36. The minimum absolute atomic E-state index is 0.0212. The Kier molecular flexibility index (Phi) is 6.09. The third kappa shape index (κ3) is 4.37. The molecule has 0 aliphatic carbocycles. The van der Waals surface area contributed by atoms with Crippen molar-refractivity contribution < 1.29 is 9.90 Å². The quantitative estimate of drug-likeness (QED) is 0.459. The second-order valence-electron chi connectivity index (χ2n) is 9.99. The summed E-state index contributed by atoms with van der Waals surface area (Å²) < 4.78 is 1.84. The van der Waals surface area contributed by atoms with Crippen molar-refractivity contribution in [2.24, 2.45) is 0 Å². The normalized spacial score (nSPS) is 13.7. The molecule has 0 unspecified atom stereocenters. The number of aliphatic hydroxyl groups excluding tert-OH is 1. The zero-order chi connectivity index (χ0) is 25.4. The topological polar surface area (TPSA) is 110 Å². The van der Waals surface area contributed by atoms with Gasteiger partial charge in [-0.3, -0.25) is 9.69 Å². The Hall–Kier alpha value is -3.98. The lowest BCUT2D eigenvalue weighted by Gasteiger charge is -2.29. The average Bonchev–Trinajstić information content (AvgIpc) is 3.37. The molecule has 36 heavy (non-hydrogen) atoms. The van der Waals surface area contributed by atoms with Crippen molar-refractivity contribution in [3.63, 3.8) is 0 Å². The summed E-state index contributed by atoms with van der Waals surface area (Å²) in [4.78, 5) is 23.4. The molecule has 3 heterocycles. The van der Waals surface area contributed by atoms with Crippen molar-refractivity contribution in [3.8, 4) is 22.5 Å². The van der Waals surface area contributed by atoms with Crippen molar-refractivity contribution >= 4 is 11.7 Å². The molecule has 1 aliphatic rings. The maximum absolute atomic E-state index is 12.8. The fourth-order valence-corrected chi connectivity index (χ4v) is 4.58. The fraction of sp³-hybridized carbons (Fsp3) is 0.333. The van der Waals surface area contributed by atoms with Crippen LogP contribution in [0.5, 0.6) is 0 Å². The second kappa shape index (κ2) is 9.23. The number of hydrogen-bond acceptors (Lipinski definition) is 7. The highest BCUT2D eigenvalue weighted by Gasteiger charge is 2.28. The van der Waals surface area contributed by atoms with E-state index in [4.69, 9.17) is 0 Å². The monoisotopic (exact) mass is 483 g/mol. The van der Waals surface area contributed by atoms with Gasteiger partial charge < -0.3 is 5.11 Å². The van der Waals surface area contributed by atoms with E-state index in [0.717, 1.165) is 33.5 Å². The number of fused-ring (bicyclic) bond motifs is 1. The Labute approximate surface area is 209 Å². The Morgan fingerprint density at radius 2 is 1.69 bits per heavy atom. The van der Waals surface area contributed by atoms with E-state index in [1.54, 1.807) is 4.90 Å². The number of aryl methyl sites for hydroxylation is 1. The molecule has 184 valence electrons. The molecule has 2 aromatic carbocycles. The summed E-state index contributed by atoms with van der Waals surface area (Å²) in [6, 6.07) is 16.2. The van der Waals surface area contributed by atoms with Crippen molar-refractivity contribution in [3.05, 3.63) is 71.2 Å². The van der Waals surface area contributed by atoms with Gasteiger partial charge in [-0.2, -0.15) is 0 Å². The van der Waals surface area contributed by atoms with Gasteiger partial charge in [0.2, 0.25) is 5.91 Å². The van der Waals surface area contributed by atoms with Crippen molar-refractivity contribution in [2.45, 2.75) is 59.2 Å². The lowest BCUT2D eigenvalue weighted by atomic mass is 9.97. The van der Waals surface area contributed by atoms with E-state index >= 15 is 0 Å². The first-order chi connectivity index (χ1) is 17.3. The maximum atomic E-state index is 12.8. The summed E-state index contributed by atoms with van der Waals surface area (Å²) in [5, 5.41) is 22.0. The van der Waals surface area contributed by atoms with Crippen LogP contribution in [-0.2, 0) is 29.9 Å². The second-order valence-corrected chi connectivity index (χ2v) is 9.99. The standard InChI is InChI=1S/C27H29N7O2/c1-17-20-13-14-24(36)33(25(20)29-23(16-35)28-17)15-18-9-11-19(12-10-18)21-7-5-6-8-22(21)26-30-31-32-34(26)27(2,3)4/h5-12,35H,13-16H2,1-4H3. The van der Waals surface area contributed by atoms with Gasteiger partial charge in [-0.25, -0.2) is 14.6 Å². The van der Waals surface area contributed by atoms with Crippen LogP contribution < -0.4 is 4.90 Å². The number of aliphatic hydroxyl groups is 1. The Morgan fingerprint density at radius 1 is 0.972 bits per heavy atom. The van der Waals surface area contributed by atoms with E-state index in [9.17, 15) is 9.90 Å². The lowest BCUT2D eigenvalue weighted by molar-refractivity contribution is -0.119. The summed E-state index contributed by atoms with van der Waals surface area (Å²) >= 11 is 0. The van der Waals surface area contributed by atoms with E-state index in [2.05, 4.69) is 64.5 Å². The summed E-state index contributed by atoms with van der Waals surface area (Å²) in [5.74, 6) is 1.67. The van der Waals surface area contributed by atoms with Crippen molar-refractivity contribution in [1.29, 1.82) is 0 Å². The van der Waals surface area contributed by atoms with Crippen LogP contribution in [0.15, 0.2) is 48.5 Å². The van der Waals surface area contributed by atoms with Gasteiger partial charge in [-0.05, 0) is 61.2 Å². The van der Waals surface area contributed by atoms with Crippen LogP contribution in [0, 0.1) is 6.92 Å². The van der Waals surface area contributed by atoms with Crippen molar-refractivity contribution in [2.75, 3.05) is 4.90 Å². The molecule has 0 spiro atoms. The molecule has 0 radical (unpaired) electrons. The molecule has 5 rings (SSSR count). The molecular formula is C27H29N7O2. The zero-order valence-corrected chi connectivity index (χ0v) is 20.9. The highest BCUT2D eigenvalue weighted by Crippen LogP contribution is 2.33. The van der Waals surface area contributed by atoms with E-state index < -0.39 is 0 Å². The molecule has 1 amide bonds. The number of carbonyl (C=O) groups is 1. The van der Waals surface area contributed by atoms with Crippen LogP contribution in [0.1, 0.15) is 49.8 Å². The molecule has 4 aromatic rings. The average molecular weight is 484 g/mol. The Bertz CT molecular complexity index is 1420. The van der Waals surface area contributed by atoms with Gasteiger partial charge in [0.1, 0.15) is 12.4 Å². The molecule has 1 aliphatic heterocycles. The molecule has 0 fully saturated rings. The molecular weight excluding hydrogens is 454 g/mol. The smallest absolute Gasteiger partial charge is 0.228 e. The summed E-state index contributed by atoms with van der Waals surface area (Å²) in [6.07, 6.45) is 1.04. The number of anilines is 1. The Morgan fingerprint density at radius 3 is 2.39 bits per heavy atom. The van der Waals surface area contributed by atoms with Gasteiger partial charge in [0, 0.05) is 23.2 Å². The SMILES string of the molecule is Cc1nc(CO)nc2c1CCC(=O)N2Cc1ccc(-c2ccccc2-c2nnnn2C(C)(C)C)cc1. The number of amides is 1. The maximum Gasteiger partial charge on any atom is 0.228 e. The molecule has 9 nitrogen and oxygen atoms in total. The first kappa shape index (κ1) is 23.7. The molecule has 0 saturated carbocycles. The summed E-state index contributed by atoms with van der Waals surface area (Å²) in [5.41, 5.74) is 5.52. The summed E-state index contributed by atoms with van der Waals surface area (Å²) in [6.45, 7) is 8.25. The molecule has 2 aromatic heterocycles.